The summed E-state index contributed by atoms with van der Waals surface area (Å²) in [5.74, 6) is 1.43. The summed E-state index contributed by atoms with van der Waals surface area (Å²) in [4.78, 5) is 11.3. The third kappa shape index (κ3) is 2.89. The lowest BCUT2D eigenvalue weighted by atomic mass is 10.2. The standard InChI is InChI=1S/C13H18N4O2S/c1-9-14-13(16-19-9)11-4-3-5-17(11)6-10-8-20-12(15-10)7-18-2/h8,11H,3-7H2,1-2H3/t11-/m1/s1. The third-order valence-electron chi connectivity index (χ3n) is 3.44. The van der Waals surface area contributed by atoms with E-state index in [4.69, 9.17) is 9.26 Å². The molecule has 1 saturated heterocycles. The highest BCUT2D eigenvalue weighted by atomic mass is 32.1. The van der Waals surface area contributed by atoms with Crippen LogP contribution in [0.5, 0.6) is 0 Å². The van der Waals surface area contributed by atoms with Crippen molar-refractivity contribution in [2.45, 2.75) is 39.0 Å². The Morgan fingerprint density at radius 1 is 1.50 bits per heavy atom. The molecular formula is C13H18N4O2S. The van der Waals surface area contributed by atoms with Crippen molar-refractivity contribution in [3.05, 3.63) is 27.8 Å². The van der Waals surface area contributed by atoms with E-state index in [1.807, 2.05) is 6.92 Å². The van der Waals surface area contributed by atoms with E-state index in [1.54, 1.807) is 18.4 Å². The van der Waals surface area contributed by atoms with E-state index in [0.29, 0.717) is 12.5 Å². The minimum atomic E-state index is 0.250. The van der Waals surface area contributed by atoms with Crippen LogP contribution in [-0.4, -0.2) is 33.7 Å². The number of aromatic nitrogens is 3. The van der Waals surface area contributed by atoms with Gasteiger partial charge in [0.1, 0.15) is 5.01 Å². The molecule has 0 aliphatic carbocycles. The molecule has 3 rings (SSSR count). The Kier molecular flexibility index (Phi) is 4.09. The van der Waals surface area contributed by atoms with Gasteiger partial charge in [-0.1, -0.05) is 5.16 Å². The van der Waals surface area contributed by atoms with Crippen LogP contribution in [0.25, 0.3) is 0 Å². The maximum Gasteiger partial charge on any atom is 0.223 e. The molecule has 0 amide bonds. The molecule has 0 unspecified atom stereocenters. The molecule has 0 saturated carbocycles. The molecule has 0 aromatic carbocycles. The molecule has 1 fully saturated rings. The van der Waals surface area contributed by atoms with Gasteiger partial charge in [-0.05, 0) is 19.4 Å². The third-order valence-corrected chi connectivity index (χ3v) is 4.31. The molecule has 7 heteroatoms. The SMILES string of the molecule is COCc1nc(CN2CCC[C@@H]2c2noc(C)n2)cs1. The highest BCUT2D eigenvalue weighted by Crippen LogP contribution is 2.31. The minimum absolute atomic E-state index is 0.250. The van der Waals surface area contributed by atoms with E-state index in [1.165, 1.54) is 0 Å². The summed E-state index contributed by atoms with van der Waals surface area (Å²) in [5.41, 5.74) is 1.09. The van der Waals surface area contributed by atoms with Gasteiger partial charge in [0.2, 0.25) is 5.89 Å². The summed E-state index contributed by atoms with van der Waals surface area (Å²) < 4.78 is 10.2. The van der Waals surface area contributed by atoms with Gasteiger partial charge in [-0.25, -0.2) is 4.98 Å². The van der Waals surface area contributed by atoms with Crippen molar-refractivity contribution in [3.63, 3.8) is 0 Å². The van der Waals surface area contributed by atoms with Gasteiger partial charge in [-0.3, -0.25) is 4.90 Å². The van der Waals surface area contributed by atoms with Gasteiger partial charge in [0.05, 0.1) is 18.3 Å². The van der Waals surface area contributed by atoms with Gasteiger partial charge in [-0.15, -0.1) is 11.3 Å². The predicted octanol–water partition coefficient (Wildman–Crippen LogP) is 2.32. The highest BCUT2D eigenvalue weighted by molar-refractivity contribution is 7.09. The first-order valence-corrected chi connectivity index (χ1v) is 7.60. The fraction of sp³-hybridized carbons (Fsp3) is 0.615. The maximum atomic E-state index is 5.11. The summed E-state index contributed by atoms with van der Waals surface area (Å²) in [6.45, 7) is 4.29. The second-order valence-corrected chi connectivity index (χ2v) is 5.91. The molecule has 0 spiro atoms. The number of rotatable bonds is 5. The number of hydrogen-bond acceptors (Lipinski definition) is 7. The van der Waals surface area contributed by atoms with Gasteiger partial charge >= 0.3 is 0 Å². The molecule has 0 radical (unpaired) electrons. The normalized spacial score (nSPS) is 19.8. The Labute approximate surface area is 121 Å². The van der Waals surface area contributed by atoms with E-state index in [-0.39, 0.29) is 6.04 Å². The minimum Gasteiger partial charge on any atom is -0.378 e. The fourth-order valence-corrected chi connectivity index (χ4v) is 3.33. The van der Waals surface area contributed by atoms with Crippen LogP contribution >= 0.6 is 11.3 Å². The lowest BCUT2D eigenvalue weighted by Crippen LogP contribution is -2.23. The number of ether oxygens (including phenoxy) is 1. The average Bonchev–Trinajstić information content (AvgIpc) is 3.12. The van der Waals surface area contributed by atoms with Crippen molar-refractivity contribution in [1.29, 1.82) is 0 Å². The van der Waals surface area contributed by atoms with Gasteiger partial charge < -0.3 is 9.26 Å². The summed E-state index contributed by atoms with van der Waals surface area (Å²) in [5, 5.41) is 7.18. The molecule has 1 aliphatic heterocycles. The largest absolute Gasteiger partial charge is 0.378 e. The van der Waals surface area contributed by atoms with Crippen molar-refractivity contribution in [1.82, 2.24) is 20.0 Å². The molecular weight excluding hydrogens is 276 g/mol. The Balaban J connectivity index is 1.69. The molecule has 0 bridgehead atoms. The zero-order valence-electron chi connectivity index (χ0n) is 11.7. The van der Waals surface area contributed by atoms with Crippen LogP contribution in [0, 0.1) is 6.92 Å². The highest BCUT2D eigenvalue weighted by Gasteiger charge is 2.30. The molecule has 3 heterocycles. The number of hydrogen-bond donors (Lipinski definition) is 0. The zero-order chi connectivity index (χ0) is 13.9. The van der Waals surface area contributed by atoms with E-state index in [9.17, 15) is 0 Å². The molecule has 1 atom stereocenters. The van der Waals surface area contributed by atoms with E-state index < -0.39 is 0 Å². The molecule has 2 aromatic heterocycles. The molecule has 0 N–H and O–H groups in total. The van der Waals surface area contributed by atoms with Crippen LogP contribution < -0.4 is 0 Å². The van der Waals surface area contributed by atoms with Crippen molar-refractivity contribution >= 4 is 11.3 Å². The summed E-state index contributed by atoms with van der Waals surface area (Å²) in [6, 6.07) is 0.250. The molecule has 6 nitrogen and oxygen atoms in total. The summed E-state index contributed by atoms with van der Waals surface area (Å²) in [7, 11) is 1.69. The maximum absolute atomic E-state index is 5.11. The Bertz CT molecular complexity index is 568. The van der Waals surface area contributed by atoms with E-state index in [2.05, 4.69) is 25.4 Å². The van der Waals surface area contributed by atoms with Crippen molar-refractivity contribution in [2.75, 3.05) is 13.7 Å². The monoisotopic (exact) mass is 294 g/mol. The van der Waals surface area contributed by atoms with Crippen molar-refractivity contribution in [3.8, 4) is 0 Å². The molecule has 2 aromatic rings. The first-order chi connectivity index (χ1) is 9.76. The van der Waals surface area contributed by atoms with Gasteiger partial charge in [0, 0.05) is 26.0 Å². The predicted molar refractivity (Wildman–Crippen MR) is 74.2 cm³/mol. The van der Waals surface area contributed by atoms with Gasteiger partial charge in [0.25, 0.3) is 0 Å². The quantitative estimate of drug-likeness (QED) is 0.843. The second-order valence-electron chi connectivity index (χ2n) is 4.97. The first-order valence-electron chi connectivity index (χ1n) is 6.72. The number of nitrogens with zero attached hydrogens (tertiary/aromatic N) is 4. The van der Waals surface area contributed by atoms with Gasteiger partial charge in [0.15, 0.2) is 5.82 Å². The van der Waals surface area contributed by atoms with Crippen LogP contribution in [-0.2, 0) is 17.9 Å². The number of aryl methyl sites for hydroxylation is 1. The first kappa shape index (κ1) is 13.7. The van der Waals surface area contributed by atoms with Gasteiger partial charge in [-0.2, -0.15) is 4.98 Å². The van der Waals surface area contributed by atoms with Crippen LogP contribution in [0.1, 0.15) is 41.3 Å². The number of likely N-dealkylation sites (tertiary alicyclic amines) is 1. The van der Waals surface area contributed by atoms with Crippen LogP contribution in [0.3, 0.4) is 0 Å². The van der Waals surface area contributed by atoms with Crippen LogP contribution in [0.15, 0.2) is 9.90 Å². The van der Waals surface area contributed by atoms with Crippen LogP contribution in [0.4, 0.5) is 0 Å². The van der Waals surface area contributed by atoms with E-state index >= 15 is 0 Å². The Morgan fingerprint density at radius 2 is 2.40 bits per heavy atom. The topological polar surface area (TPSA) is 64.3 Å². The zero-order valence-corrected chi connectivity index (χ0v) is 12.5. The van der Waals surface area contributed by atoms with Crippen LogP contribution in [0.2, 0.25) is 0 Å². The lowest BCUT2D eigenvalue weighted by Gasteiger charge is -2.20. The number of methoxy groups -OCH3 is 1. The average molecular weight is 294 g/mol. The van der Waals surface area contributed by atoms with E-state index in [0.717, 1.165) is 42.5 Å². The molecule has 20 heavy (non-hydrogen) atoms. The Morgan fingerprint density at radius 3 is 3.15 bits per heavy atom. The van der Waals surface area contributed by atoms with Crippen molar-refractivity contribution < 1.29 is 9.26 Å². The summed E-state index contributed by atoms with van der Waals surface area (Å²) >= 11 is 1.65. The Hall–Kier alpha value is -1.31. The molecule has 1 aliphatic rings. The number of thiazole rings is 1. The van der Waals surface area contributed by atoms with Crippen molar-refractivity contribution in [2.24, 2.45) is 0 Å². The second kappa shape index (κ2) is 5.99. The fourth-order valence-electron chi connectivity index (χ4n) is 2.58. The smallest absolute Gasteiger partial charge is 0.223 e. The lowest BCUT2D eigenvalue weighted by molar-refractivity contribution is 0.184. The summed E-state index contributed by atoms with van der Waals surface area (Å²) in [6.07, 6.45) is 2.24. The molecule has 108 valence electrons.